The van der Waals surface area contributed by atoms with Crippen molar-refractivity contribution < 1.29 is 9.53 Å². The summed E-state index contributed by atoms with van der Waals surface area (Å²) in [5.41, 5.74) is 4.63. The third-order valence-electron chi connectivity index (χ3n) is 4.51. The van der Waals surface area contributed by atoms with E-state index in [9.17, 15) is 4.79 Å². The van der Waals surface area contributed by atoms with Crippen LogP contribution >= 0.6 is 11.3 Å². The van der Waals surface area contributed by atoms with E-state index < -0.39 is 0 Å². The van der Waals surface area contributed by atoms with Crippen LogP contribution in [0.1, 0.15) is 12.5 Å². The van der Waals surface area contributed by atoms with E-state index in [0.717, 1.165) is 27.4 Å². The number of rotatable bonds is 7. The molecule has 0 atom stereocenters. The number of para-hydroxylation sites is 2. The predicted octanol–water partition coefficient (Wildman–Crippen LogP) is 5.45. The standard InChI is InChI=1S/C24H21N3O2S/c1-2-29-22-6-4-3-5-20(22)26-23(28)15-17-7-9-18(10-8-17)21-16-30-24(27-21)19-11-13-25-14-12-19/h3-14,16H,2,15H2,1H3,(H,26,28). The van der Waals surface area contributed by atoms with Crippen LogP contribution < -0.4 is 10.1 Å². The van der Waals surface area contributed by atoms with E-state index in [2.05, 4.69) is 10.3 Å². The van der Waals surface area contributed by atoms with E-state index >= 15 is 0 Å². The van der Waals surface area contributed by atoms with Crippen molar-refractivity contribution in [3.05, 3.63) is 84.0 Å². The van der Waals surface area contributed by atoms with Gasteiger partial charge in [0.05, 0.1) is 24.4 Å². The smallest absolute Gasteiger partial charge is 0.228 e. The van der Waals surface area contributed by atoms with Gasteiger partial charge in [-0.2, -0.15) is 0 Å². The van der Waals surface area contributed by atoms with Crippen LogP contribution in [0.3, 0.4) is 0 Å². The molecule has 30 heavy (non-hydrogen) atoms. The summed E-state index contributed by atoms with van der Waals surface area (Å²) in [5, 5.41) is 5.94. The number of hydrogen-bond acceptors (Lipinski definition) is 5. The molecule has 0 bridgehead atoms. The minimum Gasteiger partial charge on any atom is -0.492 e. The summed E-state index contributed by atoms with van der Waals surface area (Å²) in [6, 6.07) is 19.3. The number of nitrogens with one attached hydrogen (secondary N) is 1. The van der Waals surface area contributed by atoms with Crippen LogP contribution in [-0.2, 0) is 11.2 Å². The third-order valence-corrected chi connectivity index (χ3v) is 5.40. The second-order valence-corrected chi connectivity index (χ2v) is 7.48. The molecule has 0 unspecified atom stereocenters. The van der Waals surface area contributed by atoms with Gasteiger partial charge in [0.15, 0.2) is 0 Å². The molecule has 0 aliphatic carbocycles. The summed E-state index contributed by atoms with van der Waals surface area (Å²) < 4.78 is 5.56. The number of thiazole rings is 1. The Balaban J connectivity index is 1.42. The van der Waals surface area contributed by atoms with Crippen LogP contribution in [0.2, 0.25) is 0 Å². The van der Waals surface area contributed by atoms with Crippen LogP contribution in [0.15, 0.2) is 78.4 Å². The number of nitrogens with zero attached hydrogens (tertiary/aromatic N) is 2. The number of pyridine rings is 1. The first kappa shape index (κ1) is 19.8. The zero-order chi connectivity index (χ0) is 20.8. The lowest BCUT2D eigenvalue weighted by molar-refractivity contribution is -0.115. The Morgan fingerprint density at radius 3 is 2.53 bits per heavy atom. The van der Waals surface area contributed by atoms with Crippen molar-refractivity contribution >= 4 is 22.9 Å². The predicted molar refractivity (Wildman–Crippen MR) is 121 cm³/mol. The zero-order valence-electron chi connectivity index (χ0n) is 16.5. The molecular weight excluding hydrogens is 394 g/mol. The molecule has 1 N–H and O–H groups in total. The maximum atomic E-state index is 12.5. The summed E-state index contributed by atoms with van der Waals surface area (Å²) in [6.45, 7) is 2.47. The second kappa shape index (κ2) is 9.33. The minimum atomic E-state index is -0.0801. The molecule has 6 heteroatoms. The van der Waals surface area contributed by atoms with E-state index in [1.54, 1.807) is 23.7 Å². The molecule has 0 saturated carbocycles. The first-order chi connectivity index (χ1) is 14.7. The van der Waals surface area contributed by atoms with Gasteiger partial charge < -0.3 is 10.1 Å². The molecule has 0 spiro atoms. The highest BCUT2D eigenvalue weighted by atomic mass is 32.1. The molecule has 4 rings (SSSR count). The van der Waals surface area contributed by atoms with Crippen molar-refractivity contribution in [3.8, 4) is 27.6 Å². The fraction of sp³-hybridized carbons (Fsp3) is 0.125. The highest BCUT2D eigenvalue weighted by molar-refractivity contribution is 7.13. The molecule has 0 aliphatic rings. The molecule has 0 radical (unpaired) electrons. The maximum Gasteiger partial charge on any atom is 0.228 e. The van der Waals surface area contributed by atoms with Gasteiger partial charge in [-0.25, -0.2) is 4.98 Å². The molecule has 0 saturated heterocycles. The summed E-state index contributed by atoms with van der Waals surface area (Å²) in [4.78, 5) is 21.2. The molecule has 4 aromatic rings. The van der Waals surface area contributed by atoms with Gasteiger partial charge in [0.1, 0.15) is 10.8 Å². The minimum absolute atomic E-state index is 0.0801. The zero-order valence-corrected chi connectivity index (χ0v) is 17.4. The van der Waals surface area contributed by atoms with E-state index in [1.807, 2.05) is 73.0 Å². The number of aromatic nitrogens is 2. The molecular formula is C24H21N3O2S. The van der Waals surface area contributed by atoms with Crippen molar-refractivity contribution in [1.82, 2.24) is 9.97 Å². The van der Waals surface area contributed by atoms with Crippen LogP contribution in [-0.4, -0.2) is 22.5 Å². The van der Waals surface area contributed by atoms with E-state index in [0.29, 0.717) is 24.5 Å². The lowest BCUT2D eigenvalue weighted by Gasteiger charge is -2.11. The number of carbonyl (C=O) groups excluding carboxylic acids is 1. The number of anilines is 1. The maximum absolute atomic E-state index is 12.5. The first-order valence-electron chi connectivity index (χ1n) is 9.70. The van der Waals surface area contributed by atoms with Crippen molar-refractivity contribution in [1.29, 1.82) is 0 Å². The van der Waals surface area contributed by atoms with Gasteiger partial charge in [-0.15, -0.1) is 11.3 Å². The number of benzene rings is 2. The SMILES string of the molecule is CCOc1ccccc1NC(=O)Cc1ccc(-c2csc(-c3ccncc3)n2)cc1. The van der Waals surface area contributed by atoms with Gasteiger partial charge in [-0.3, -0.25) is 9.78 Å². The van der Waals surface area contributed by atoms with Crippen LogP contribution in [0, 0.1) is 0 Å². The Hall–Kier alpha value is -3.51. The molecule has 0 aliphatic heterocycles. The fourth-order valence-corrected chi connectivity index (χ4v) is 3.89. The summed E-state index contributed by atoms with van der Waals surface area (Å²) in [5.74, 6) is 0.598. The quantitative estimate of drug-likeness (QED) is 0.436. The van der Waals surface area contributed by atoms with Crippen molar-refractivity contribution in [2.24, 2.45) is 0 Å². The molecule has 1 amide bonds. The number of amides is 1. The normalized spacial score (nSPS) is 10.6. The Kier molecular flexibility index (Phi) is 6.15. The van der Waals surface area contributed by atoms with E-state index in [1.165, 1.54) is 0 Å². The van der Waals surface area contributed by atoms with Crippen LogP contribution in [0.25, 0.3) is 21.8 Å². The summed E-state index contributed by atoms with van der Waals surface area (Å²) >= 11 is 1.60. The number of carbonyl (C=O) groups is 1. The molecule has 150 valence electrons. The van der Waals surface area contributed by atoms with Crippen molar-refractivity contribution in [3.63, 3.8) is 0 Å². The van der Waals surface area contributed by atoms with E-state index in [-0.39, 0.29) is 5.91 Å². The molecule has 2 aromatic carbocycles. The molecule has 2 heterocycles. The monoisotopic (exact) mass is 415 g/mol. The molecule has 0 fully saturated rings. The van der Waals surface area contributed by atoms with Gasteiger partial charge in [0, 0.05) is 28.9 Å². The van der Waals surface area contributed by atoms with Gasteiger partial charge >= 0.3 is 0 Å². The number of ether oxygens (including phenoxy) is 1. The molecule has 2 aromatic heterocycles. The highest BCUT2D eigenvalue weighted by Gasteiger charge is 2.10. The van der Waals surface area contributed by atoms with Crippen LogP contribution in [0.5, 0.6) is 5.75 Å². The Labute approximate surface area is 179 Å². The highest BCUT2D eigenvalue weighted by Crippen LogP contribution is 2.29. The van der Waals surface area contributed by atoms with Crippen molar-refractivity contribution in [2.45, 2.75) is 13.3 Å². The van der Waals surface area contributed by atoms with Gasteiger partial charge in [-0.1, -0.05) is 36.4 Å². The van der Waals surface area contributed by atoms with Crippen molar-refractivity contribution in [2.75, 3.05) is 11.9 Å². The lowest BCUT2D eigenvalue weighted by atomic mass is 10.1. The van der Waals surface area contributed by atoms with Gasteiger partial charge in [0.25, 0.3) is 0 Å². The topological polar surface area (TPSA) is 64.1 Å². The fourth-order valence-electron chi connectivity index (χ4n) is 3.06. The third kappa shape index (κ3) is 4.72. The Morgan fingerprint density at radius 2 is 1.77 bits per heavy atom. The largest absolute Gasteiger partial charge is 0.492 e. The Bertz CT molecular complexity index is 1120. The molecule has 5 nitrogen and oxygen atoms in total. The van der Waals surface area contributed by atoms with Gasteiger partial charge in [0.2, 0.25) is 5.91 Å². The first-order valence-corrected chi connectivity index (χ1v) is 10.6. The summed E-state index contributed by atoms with van der Waals surface area (Å²) in [7, 11) is 0. The van der Waals surface area contributed by atoms with E-state index in [4.69, 9.17) is 9.72 Å². The average Bonchev–Trinajstić information content (AvgIpc) is 3.27. The Morgan fingerprint density at radius 1 is 1.00 bits per heavy atom. The second-order valence-electron chi connectivity index (χ2n) is 6.62. The average molecular weight is 416 g/mol. The van der Waals surface area contributed by atoms with Gasteiger partial charge in [-0.05, 0) is 36.8 Å². The van der Waals surface area contributed by atoms with Crippen LogP contribution in [0.4, 0.5) is 5.69 Å². The summed E-state index contributed by atoms with van der Waals surface area (Å²) in [6.07, 6.45) is 3.83. The number of hydrogen-bond donors (Lipinski definition) is 1. The lowest BCUT2D eigenvalue weighted by Crippen LogP contribution is -2.15.